The number of hydrogen-bond donors (Lipinski definition) is 2. The van der Waals surface area contributed by atoms with Crippen molar-refractivity contribution in [3.05, 3.63) is 78.4 Å². The molecule has 11 heteroatoms. The number of hydrogen-bond acceptors (Lipinski definition) is 7. The van der Waals surface area contributed by atoms with E-state index in [0.29, 0.717) is 11.4 Å². The number of benzene rings is 3. The molecule has 0 spiro atoms. The number of methoxy groups -OCH3 is 2. The number of ether oxygens (including phenoxy) is 2. The average molecular weight is 512 g/mol. The summed E-state index contributed by atoms with van der Waals surface area (Å²) >= 11 is 0. The molecule has 0 saturated heterocycles. The van der Waals surface area contributed by atoms with Gasteiger partial charge in [0.15, 0.2) is 0 Å². The molecule has 10 nitrogen and oxygen atoms in total. The second-order valence-corrected chi connectivity index (χ2v) is 9.36. The first-order valence-electron chi connectivity index (χ1n) is 10.7. The van der Waals surface area contributed by atoms with Crippen LogP contribution in [0.3, 0.4) is 0 Å². The standard InChI is InChI=1S/C25H25N3O7S/c1-17(29)26-18-8-14-21(15-9-18)36(32,33)28(19-10-12-20(34-2)13-11-19)16-24(30)27-23-7-5-4-6-22(23)25(31)35-3/h4-15H,16H2,1-3H3,(H,26,29)(H,27,30). The van der Waals surface area contributed by atoms with E-state index in [1.54, 1.807) is 24.3 Å². The monoisotopic (exact) mass is 511 g/mol. The lowest BCUT2D eigenvalue weighted by molar-refractivity contribution is -0.115. The van der Waals surface area contributed by atoms with Gasteiger partial charge >= 0.3 is 5.97 Å². The topological polar surface area (TPSA) is 131 Å². The number of esters is 1. The van der Waals surface area contributed by atoms with Crippen molar-refractivity contribution in [3.8, 4) is 5.75 Å². The molecule has 0 aromatic heterocycles. The van der Waals surface area contributed by atoms with Crippen molar-refractivity contribution in [2.45, 2.75) is 11.8 Å². The number of carbonyl (C=O) groups is 3. The Morgan fingerprint density at radius 1 is 0.861 bits per heavy atom. The van der Waals surface area contributed by atoms with E-state index in [-0.39, 0.29) is 27.7 Å². The minimum Gasteiger partial charge on any atom is -0.497 e. The molecule has 0 heterocycles. The molecule has 0 aliphatic heterocycles. The zero-order valence-corrected chi connectivity index (χ0v) is 20.7. The van der Waals surface area contributed by atoms with Crippen molar-refractivity contribution in [1.29, 1.82) is 0 Å². The van der Waals surface area contributed by atoms with Gasteiger partial charge in [0.25, 0.3) is 10.0 Å². The van der Waals surface area contributed by atoms with E-state index >= 15 is 0 Å². The lowest BCUT2D eigenvalue weighted by Gasteiger charge is -2.24. The van der Waals surface area contributed by atoms with Crippen LogP contribution >= 0.6 is 0 Å². The number of anilines is 3. The summed E-state index contributed by atoms with van der Waals surface area (Å²) in [6.07, 6.45) is 0. The summed E-state index contributed by atoms with van der Waals surface area (Å²) in [6, 6.07) is 18.0. The molecule has 36 heavy (non-hydrogen) atoms. The number of para-hydroxylation sites is 1. The molecule has 0 atom stereocenters. The molecule has 0 fully saturated rings. The molecule has 188 valence electrons. The van der Waals surface area contributed by atoms with Crippen LogP contribution in [0.15, 0.2) is 77.7 Å². The van der Waals surface area contributed by atoms with Gasteiger partial charge in [0.05, 0.1) is 36.1 Å². The lowest BCUT2D eigenvalue weighted by Crippen LogP contribution is -2.38. The zero-order chi connectivity index (χ0) is 26.3. The third-order valence-corrected chi connectivity index (χ3v) is 6.80. The van der Waals surface area contributed by atoms with Crippen LogP contribution in [0.2, 0.25) is 0 Å². The molecule has 3 rings (SSSR count). The van der Waals surface area contributed by atoms with Gasteiger partial charge in [0, 0.05) is 12.6 Å². The van der Waals surface area contributed by atoms with Crippen molar-refractivity contribution < 1.29 is 32.3 Å². The van der Waals surface area contributed by atoms with Crippen LogP contribution in [0.25, 0.3) is 0 Å². The molecule has 3 aromatic rings. The number of nitrogens with zero attached hydrogens (tertiary/aromatic N) is 1. The molecular formula is C25H25N3O7S. The smallest absolute Gasteiger partial charge is 0.339 e. The average Bonchev–Trinajstić information content (AvgIpc) is 2.87. The first-order chi connectivity index (χ1) is 17.1. The fraction of sp³-hybridized carbons (Fsp3) is 0.160. The Morgan fingerprint density at radius 3 is 2.08 bits per heavy atom. The van der Waals surface area contributed by atoms with Crippen LogP contribution in [0.5, 0.6) is 5.75 Å². The van der Waals surface area contributed by atoms with E-state index in [0.717, 1.165) is 4.31 Å². The molecule has 2 N–H and O–H groups in total. The predicted molar refractivity (Wildman–Crippen MR) is 135 cm³/mol. The highest BCUT2D eigenvalue weighted by molar-refractivity contribution is 7.92. The van der Waals surface area contributed by atoms with Crippen LogP contribution < -0.4 is 19.7 Å². The highest BCUT2D eigenvalue weighted by Crippen LogP contribution is 2.27. The molecule has 0 saturated carbocycles. The van der Waals surface area contributed by atoms with Gasteiger partial charge in [-0.15, -0.1) is 0 Å². The van der Waals surface area contributed by atoms with E-state index in [1.807, 2.05) is 0 Å². The summed E-state index contributed by atoms with van der Waals surface area (Å²) in [5.74, 6) is -1.12. The highest BCUT2D eigenvalue weighted by atomic mass is 32.2. The number of amides is 2. The highest BCUT2D eigenvalue weighted by Gasteiger charge is 2.28. The predicted octanol–water partition coefficient (Wildman–Crippen LogP) is 3.27. The zero-order valence-electron chi connectivity index (χ0n) is 19.8. The Morgan fingerprint density at radius 2 is 1.50 bits per heavy atom. The summed E-state index contributed by atoms with van der Waals surface area (Å²) in [5.41, 5.74) is 0.953. The van der Waals surface area contributed by atoms with Crippen LogP contribution in [0.4, 0.5) is 17.1 Å². The van der Waals surface area contributed by atoms with Gasteiger partial charge < -0.3 is 20.1 Å². The van der Waals surface area contributed by atoms with Gasteiger partial charge in [-0.25, -0.2) is 13.2 Å². The fourth-order valence-corrected chi connectivity index (χ4v) is 4.73. The van der Waals surface area contributed by atoms with Crippen molar-refractivity contribution in [2.75, 3.05) is 35.7 Å². The van der Waals surface area contributed by atoms with Gasteiger partial charge in [-0.3, -0.25) is 13.9 Å². The second kappa shape index (κ2) is 11.4. The largest absolute Gasteiger partial charge is 0.497 e. The van der Waals surface area contributed by atoms with E-state index in [1.165, 1.54) is 69.7 Å². The first-order valence-corrected chi connectivity index (χ1v) is 12.1. The summed E-state index contributed by atoms with van der Waals surface area (Å²) in [4.78, 5) is 36.2. The van der Waals surface area contributed by atoms with Crippen LogP contribution in [-0.2, 0) is 24.3 Å². The Balaban J connectivity index is 1.95. The van der Waals surface area contributed by atoms with E-state index in [2.05, 4.69) is 10.6 Å². The van der Waals surface area contributed by atoms with E-state index < -0.39 is 28.4 Å². The van der Waals surface area contributed by atoms with E-state index in [4.69, 9.17) is 9.47 Å². The number of carbonyl (C=O) groups excluding carboxylic acids is 3. The number of sulfonamides is 1. The quantitative estimate of drug-likeness (QED) is 0.422. The maximum atomic E-state index is 13.6. The maximum Gasteiger partial charge on any atom is 0.339 e. The number of rotatable bonds is 9. The second-order valence-electron chi connectivity index (χ2n) is 7.50. The van der Waals surface area contributed by atoms with Gasteiger partial charge in [-0.1, -0.05) is 12.1 Å². The molecular weight excluding hydrogens is 486 g/mol. The maximum absolute atomic E-state index is 13.6. The summed E-state index contributed by atoms with van der Waals surface area (Å²) < 4.78 is 38.0. The van der Waals surface area contributed by atoms with Gasteiger partial charge in [0.1, 0.15) is 12.3 Å². The van der Waals surface area contributed by atoms with Crippen LogP contribution in [-0.4, -0.2) is 47.0 Å². The fourth-order valence-electron chi connectivity index (χ4n) is 3.30. The van der Waals surface area contributed by atoms with Crippen molar-refractivity contribution in [3.63, 3.8) is 0 Å². The van der Waals surface area contributed by atoms with Gasteiger partial charge in [-0.05, 0) is 60.7 Å². The van der Waals surface area contributed by atoms with Crippen molar-refractivity contribution in [1.82, 2.24) is 0 Å². The van der Waals surface area contributed by atoms with Crippen molar-refractivity contribution >= 4 is 44.9 Å². The minimum absolute atomic E-state index is 0.0878. The third-order valence-electron chi connectivity index (χ3n) is 5.02. The molecule has 0 bridgehead atoms. The minimum atomic E-state index is -4.21. The van der Waals surface area contributed by atoms with Gasteiger partial charge in [-0.2, -0.15) is 0 Å². The molecule has 0 aliphatic rings. The summed E-state index contributed by atoms with van der Waals surface area (Å²) in [7, 11) is -1.51. The Kier molecular flexibility index (Phi) is 8.28. The SMILES string of the molecule is COC(=O)c1ccccc1NC(=O)CN(c1ccc(OC)cc1)S(=O)(=O)c1ccc(NC(C)=O)cc1. The van der Waals surface area contributed by atoms with Crippen molar-refractivity contribution in [2.24, 2.45) is 0 Å². The molecule has 0 radical (unpaired) electrons. The molecule has 0 aliphatic carbocycles. The van der Waals surface area contributed by atoms with Crippen LogP contribution in [0.1, 0.15) is 17.3 Å². The Bertz CT molecular complexity index is 1360. The Hall–Kier alpha value is -4.38. The lowest BCUT2D eigenvalue weighted by atomic mass is 10.2. The molecule has 0 unspecified atom stereocenters. The summed E-state index contributed by atoms with van der Waals surface area (Å²) in [6.45, 7) is 0.755. The van der Waals surface area contributed by atoms with Gasteiger partial charge in [0.2, 0.25) is 11.8 Å². The first kappa shape index (κ1) is 26.2. The third kappa shape index (κ3) is 6.19. The number of nitrogens with one attached hydrogen (secondary N) is 2. The van der Waals surface area contributed by atoms with Crippen LogP contribution in [0, 0.1) is 0 Å². The molecule has 3 aromatic carbocycles. The summed E-state index contributed by atoms with van der Waals surface area (Å²) in [5, 5.41) is 5.16. The van der Waals surface area contributed by atoms with E-state index in [9.17, 15) is 22.8 Å². The molecule has 2 amide bonds. The Labute approximate surface area is 208 Å². The normalized spacial score (nSPS) is 10.8.